The molecule has 7 heteroatoms. The number of hydrogen-bond acceptors (Lipinski definition) is 4. The Labute approximate surface area is 134 Å². The molecule has 0 aliphatic carbocycles. The third-order valence-electron chi connectivity index (χ3n) is 4.08. The number of aliphatic hydroxyl groups is 1. The van der Waals surface area contributed by atoms with E-state index in [0.717, 1.165) is 19.4 Å². The zero-order valence-corrected chi connectivity index (χ0v) is 13.1. The number of carbonyl (C=O) groups excluding carboxylic acids is 1. The Morgan fingerprint density at radius 1 is 1.43 bits per heavy atom. The number of ether oxygens (including phenoxy) is 1. The Hall–Kier alpha value is -1.73. The maximum absolute atomic E-state index is 14.0. The predicted octanol–water partition coefficient (Wildman–Crippen LogP) is 1.29. The van der Waals surface area contributed by atoms with Crippen LogP contribution in [0.2, 0.25) is 0 Å². The van der Waals surface area contributed by atoms with Crippen LogP contribution in [0.1, 0.15) is 18.4 Å². The van der Waals surface area contributed by atoms with E-state index in [1.807, 2.05) is 4.90 Å². The number of nitrogens with zero attached hydrogens (tertiary/aromatic N) is 1. The molecular weight excluding hydrogens is 306 g/mol. The number of piperidine rings is 1. The van der Waals surface area contributed by atoms with E-state index in [4.69, 9.17) is 9.84 Å². The summed E-state index contributed by atoms with van der Waals surface area (Å²) >= 11 is 0. The lowest BCUT2D eigenvalue weighted by molar-refractivity contribution is -0.124. The van der Waals surface area contributed by atoms with Gasteiger partial charge in [-0.1, -0.05) is 6.07 Å². The standard InChI is InChI=1S/C16H22F2N2O3/c1-23-13-5-4-12(15(17)16(13)18)9-20-6-2-3-11(8-20)7-19-14(22)10-21/h4-5,11,21H,2-3,6-10H2,1H3,(H,19,22)/t11-/m0/s1. The second-order valence-electron chi connectivity index (χ2n) is 5.76. The van der Waals surface area contributed by atoms with Crippen molar-refractivity contribution in [3.05, 3.63) is 29.3 Å². The molecule has 5 nitrogen and oxygen atoms in total. The van der Waals surface area contributed by atoms with Crippen LogP contribution in [0, 0.1) is 17.6 Å². The van der Waals surface area contributed by atoms with Crippen molar-refractivity contribution in [1.29, 1.82) is 0 Å². The highest BCUT2D eigenvalue weighted by Gasteiger charge is 2.22. The highest BCUT2D eigenvalue weighted by molar-refractivity contribution is 5.76. The number of aliphatic hydroxyl groups excluding tert-OH is 1. The van der Waals surface area contributed by atoms with Crippen molar-refractivity contribution in [2.45, 2.75) is 19.4 Å². The van der Waals surface area contributed by atoms with Gasteiger partial charge in [-0.2, -0.15) is 4.39 Å². The van der Waals surface area contributed by atoms with Crippen LogP contribution >= 0.6 is 0 Å². The SMILES string of the molecule is COc1ccc(CN2CCC[C@@H](CNC(=O)CO)C2)c(F)c1F. The molecule has 1 atom stereocenters. The van der Waals surface area contributed by atoms with Gasteiger partial charge in [0.2, 0.25) is 11.7 Å². The minimum atomic E-state index is -0.964. The van der Waals surface area contributed by atoms with Crippen molar-refractivity contribution in [3.63, 3.8) is 0 Å². The van der Waals surface area contributed by atoms with E-state index in [9.17, 15) is 13.6 Å². The predicted molar refractivity (Wildman–Crippen MR) is 81.0 cm³/mol. The number of carbonyl (C=O) groups is 1. The van der Waals surface area contributed by atoms with Crippen LogP contribution in [0.25, 0.3) is 0 Å². The molecular formula is C16H22F2N2O3. The molecule has 1 amide bonds. The Morgan fingerprint density at radius 3 is 2.91 bits per heavy atom. The fraction of sp³-hybridized carbons (Fsp3) is 0.562. The average molecular weight is 328 g/mol. The van der Waals surface area contributed by atoms with Gasteiger partial charge in [0.05, 0.1) is 7.11 Å². The van der Waals surface area contributed by atoms with Gasteiger partial charge in [0.1, 0.15) is 6.61 Å². The van der Waals surface area contributed by atoms with Crippen molar-refractivity contribution < 1.29 is 23.4 Å². The summed E-state index contributed by atoms with van der Waals surface area (Å²) in [5, 5.41) is 11.4. The smallest absolute Gasteiger partial charge is 0.245 e. The van der Waals surface area contributed by atoms with Crippen LogP contribution in [-0.4, -0.2) is 49.3 Å². The first kappa shape index (κ1) is 17.6. The van der Waals surface area contributed by atoms with E-state index >= 15 is 0 Å². The fourth-order valence-corrected chi connectivity index (χ4v) is 2.87. The Morgan fingerprint density at radius 2 is 2.22 bits per heavy atom. The zero-order valence-electron chi connectivity index (χ0n) is 13.1. The largest absolute Gasteiger partial charge is 0.494 e. The molecule has 1 aromatic carbocycles. The van der Waals surface area contributed by atoms with Crippen molar-refractivity contribution in [3.8, 4) is 5.75 Å². The van der Waals surface area contributed by atoms with Crippen LogP contribution < -0.4 is 10.1 Å². The summed E-state index contributed by atoms with van der Waals surface area (Å²) in [5.41, 5.74) is 0.295. The monoisotopic (exact) mass is 328 g/mol. The van der Waals surface area contributed by atoms with Crippen LogP contribution in [-0.2, 0) is 11.3 Å². The first-order valence-corrected chi connectivity index (χ1v) is 7.66. The van der Waals surface area contributed by atoms with E-state index in [-0.39, 0.29) is 11.7 Å². The number of amides is 1. The molecule has 2 N–H and O–H groups in total. The van der Waals surface area contributed by atoms with E-state index in [2.05, 4.69) is 5.32 Å². The van der Waals surface area contributed by atoms with Crippen LogP contribution in [0.3, 0.4) is 0 Å². The van der Waals surface area contributed by atoms with Gasteiger partial charge in [-0.3, -0.25) is 9.69 Å². The molecule has 1 aliphatic rings. The molecule has 1 heterocycles. The summed E-state index contributed by atoms with van der Waals surface area (Å²) in [6.07, 6.45) is 1.89. The van der Waals surface area contributed by atoms with Crippen LogP contribution in [0.15, 0.2) is 12.1 Å². The van der Waals surface area contributed by atoms with E-state index in [1.54, 1.807) is 0 Å². The van der Waals surface area contributed by atoms with Gasteiger partial charge in [-0.05, 0) is 31.4 Å². The third kappa shape index (κ3) is 4.62. The van der Waals surface area contributed by atoms with Crippen LogP contribution in [0.4, 0.5) is 8.78 Å². The number of methoxy groups -OCH3 is 1. The number of hydrogen-bond donors (Lipinski definition) is 2. The average Bonchev–Trinajstić information content (AvgIpc) is 2.57. The van der Waals surface area contributed by atoms with E-state index in [0.29, 0.717) is 25.2 Å². The first-order chi connectivity index (χ1) is 11.0. The van der Waals surface area contributed by atoms with Gasteiger partial charge in [-0.15, -0.1) is 0 Å². The minimum absolute atomic E-state index is 0.102. The highest BCUT2D eigenvalue weighted by Crippen LogP contribution is 2.25. The number of nitrogens with one attached hydrogen (secondary N) is 1. The molecule has 0 aromatic heterocycles. The molecule has 128 valence electrons. The summed E-state index contributed by atoms with van der Waals surface area (Å²) in [5.74, 6) is -2.10. The van der Waals surface area contributed by atoms with Gasteiger partial charge in [-0.25, -0.2) is 4.39 Å². The molecule has 1 aliphatic heterocycles. The Kier molecular flexibility index (Phi) is 6.29. The molecule has 0 radical (unpaired) electrons. The molecule has 0 unspecified atom stereocenters. The van der Waals surface area contributed by atoms with Gasteiger partial charge in [0.25, 0.3) is 0 Å². The molecule has 0 saturated carbocycles. The van der Waals surface area contributed by atoms with E-state index < -0.39 is 24.1 Å². The molecule has 23 heavy (non-hydrogen) atoms. The fourth-order valence-electron chi connectivity index (χ4n) is 2.87. The number of halogens is 2. The number of likely N-dealkylation sites (tertiary alicyclic amines) is 1. The normalized spacial score (nSPS) is 18.7. The lowest BCUT2D eigenvalue weighted by Crippen LogP contribution is -2.41. The molecule has 0 bridgehead atoms. The van der Waals surface area contributed by atoms with Gasteiger partial charge in [0.15, 0.2) is 11.6 Å². The molecule has 0 spiro atoms. The molecule has 2 rings (SSSR count). The molecule has 1 aromatic rings. The highest BCUT2D eigenvalue weighted by atomic mass is 19.2. The minimum Gasteiger partial charge on any atom is -0.494 e. The van der Waals surface area contributed by atoms with Crippen LogP contribution in [0.5, 0.6) is 5.75 Å². The summed E-state index contributed by atoms with van der Waals surface area (Å²) in [4.78, 5) is 13.1. The maximum Gasteiger partial charge on any atom is 0.245 e. The Bertz CT molecular complexity index is 554. The summed E-state index contributed by atoms with van der Waals surface area (Å²) in [7, 11) is 1.30. The van der Waals surface area contributed by atoms with Crippen molar-refractivity contribution in [1.82, 2.24) is 10.2 Å². The van der Waals surface area contributed by atoms with E-state index in [1.165, 1.54) is 19.2 Å². The van der Waals surface area contributed by atoms with Gasteiger partial charge in [0, 0.05) is 25.2 Å². The maximum atomic E-state index is 14.0. The lowest BCUT2D eigenvalue weighted by Gasteiger charge is -2.33. The quantitative estimate of drug-likeness (QED) is 0.826. The van der Waals surface area contributed by atoms with Gasteiger partial charge < -0.3 is 15.2 Å². The number of benzene rings is 1. The zero-order chi connectivity index (χ0) is 16.8. The summed E-state index contributed by atoms with van der Waals surface area (Å²) in [6, 6.07) is 2.96. The second-order valence-corrected chi connectivity index (χ2v) is 5.76. The van der Waals surface area contributed by atoms with Gasteiger partial charge >= 0.3 is 0 Å². The first-order valence-electron chi connectivity index (χ1n) is 7.66. The molecule has 1 saturated heterocycles. The Balaban J connectivity index is 1.95. The van der Waals surface area contributed by atoms with Crippen molar-refractivity contribution >= 4 is 5.91 Å². The summed E-state index contributed by atoms with van der Waals surface area (Å²) < 4.78 is 32.6. The lowest BCUT2D eigenvalue weighted by atomic mass is 9.97. The topological polar surface area (TPSA) is 61.8 Å². The number of rotatable bonds is 6. The van der Waals surface area contributed by atoms with Crippen molar-refractivity contribution in [2.75, 3.05) is 33.4 Å². The second kappa shape index (κ2) is 8.21. The van der Waals surface area contributed by atoms with Crippen molar-refractivity contribution in [2.24, 2.45) is 5.92 Å². The summed E-state index contributed by atoms with van der Waals surface area (Å²) in [6.45, 7) is 1.77. The molecule has 1 fully saturated rings. The third-order valence-corrected chi connectivity index (χ3v) is 4.08.